The highest BCUT2D eigenvalue weighted by Crippen LogP contribution is 2.30. The van der Waals surface area contributed by atoms with Crippen molar-refractivity contribution < 1.29 is 17.9 Å². The number of hydrogen-bond donors (Lipinski definition) is 2. The first-order valence-electron chi connectivity index (χ1n) is 9.56. The van der Waals surface area contributed by atoms with Crippen LogP contribution in [0.5, 0.6) is 5.75 Å². The average Bonchev–Trinajstić information content (AvgIpc) is 2.68. The molecule has 0 radical (unpaired) electrons. The summed E-state index contributed by atoms with van der Waals surface area (Å²) in [6, 6.07) is 11.0. The van der Waals surface area contributed by atoms with Crippen molar-refractivity contribution in [3.05, 3.63) is 53.1 Å². The van der Waals surface area contributed by atoms with Crippen molar-refractivity contribution in [1.29, 1.82) is 0 Å². The summed E-state index contributed by atoms with van der Waals surface area (Å²) in [6.07, 6.45) is 4.11. The molecule has 0 aliphatic heterocycles. The van der Waals surface area contributed by atoms with Crippen molar-refractivity contribution >= 4 is 33.2 Å². The first-order chi connectivity index (χ1) is 13.8. The van der Waals surface area contributed by atoms with Gasteiger partial charge in [0.15, 0.2) is 0 Å². The Morgan fingerprint density at radius 3 is 2.66 bits per heavy atom. The SMILES string of the molecule is COc1ccccc1NS(=O)(=O)c1cc(C(=O)NC2CCCC(C)C2)ccc1Cl. The number of hydrogen-bond acceptors (Lipinski definition) is 4. The molecule has 1 aliphatic carbocycles. The lowest BCUT2D eigenvalue weighted by molar-refractivity contribution is 0.0921. The molecular weight excluding hydrogens is 412 g/mol. The number of amides is 1. The summed E-state index contributed by atoms with van der Waals surface area (Å²) >= 11 is 6.15. The Bertz CT molecular complexity index is 994. The number of sulfonamides is 1. The molecule has 1 aliphatic rings. The molecule has 1 amide bonds. The highest BCUT2D eigenvalue weighted by molar-refractivity contribution is 7.92. The van der Waals surface area contributed by atoms with Gasteiger partial charge >= 0.3 is 0 Å². The molecule has 2 aromatic carbocycles. The lowest BCUT2D eigenvalue weighted by Gasteiger charge is -2.27. The highest BCUT2D eigenvalue weighted by atomic mass is 35.5. The van der Waals surface area contributed by atoms with Crippen LogP contribution in [0.15, 0.2) is 47.4 Å². The van der Waals surface area contributed by atoms with Gasteiger partial charge in [-0.3, -0.25) is 9.52 Å². The number of carbonyl (C=O) groups excluding carboxylic acids is 1. The maximum Gasteiger partial charge on any atom is 0.263 e. The van der Waals surface area contributed by atoms with Gasteiger partial charge in [0.05, 0.1) is 17.8 Å². The van der Waals surface area contributed by atoms with E-state index in [4.69, 9.17) is 16.3 Å². The van der Waals surface area contributed by atoms with E-state index in [0.29, 0.717) is 11.7 Å². The Labute approximate surface area is 176 Å². The van der Waals surface area contributed by atoms with E-state index in [2.05, 4.69) is 17.0 Å². The van der Waals surface area contributed by atoms with Crippen LogP contribution in [-0.2, 0) is 10.0 Å². The minimum atomic E-state index is -4.02. The standard InChI is InChI=1S/C21H25ClN2O4S/c1-14-6-5-7-16(12-14)23-21(25)15-10-11-17(22)20(13-15)29(26,27)24-18-8-3-4-9-19(18)28-2/h3-4,8-11,13-14,16,24H,5-7,12H2,1-2H3,(H,23,25). The minimum Gasteiger partial charge on any atom is -0.495 e. The number of anilines is 1. The van der Waals surface area contributed by atoms with Gasteiger partial charge in [0.2, 0.25) is 0 Å². The third kappa shape index (κ3) is 5.22. The van der Waals surface area contributed by atoms with Gasteiger partial charge in [0, 0.05) is 11.6 Å². The fraction of sp³-hybridized carbons (Fsp3) is 0.381. The van der Waals surface area contributed by atoms with E-state index in [-0.39, 0.29) is 33.1 Å². The molecule has 2 unspecified atom stereocenters. The third-order valence-corrected chi connectivity index (χ3v) is 6.95. The van der Waals surface area contributed by atoms with Crippen LogP contribution in [0.4, 0.5) is 5.69 Å². The zero-order chi connectivity index (χ0) is 21.0. The Morgan fingerprint density at radius 1 is 1.17 bits per heavy atom. The summed E-state index contributed by atoms with van der Waals surface area (Å²) in [4.78, 5) is 12.5. The molecule has 0 aromatic heterocycles. The maximum atomic E-state index is 12.9. The number of nitrogens with one attached hydrogen (secondary N) is 2. The van der Waals surface area contributed by atoms with E-state index in [1.165, 1.54) is 31.7 Å². The molecule has 1 fully saturated rings. The molecule has 3 rings (SSSR count). The zero-order valence-electron chi connectivity index (χ0n) is 16.4. The number of halogens is 1. The smallest absolute Gasteiger partial charge is 0.263 e. The summed E-state index contributed by atoms with van der Waals surface area (Å²) in [5.74, 6) is 0.655. The predicted molar refractivity (Wildman–Crippen MR) is 114 cm³/mol. The van der Waals surface area contributed by atoms with Gasteiger partial charge in [-0.1, -0.05) is 43.5 Å². The van der Waals surface area contributed by atoms with Crippen LogP contribution in [0.25, 0.3) is 0 Å². The van der Waals surface area contributed by atoms with Crippen LogP contribution in [-0.4, -0.2) is 27.5 Å². The van der Waals surface area contributed by atoms with Crippen LogP contribution in [0.1, 0.15) is 43.0 Å². The largest absolute Gasteiger partial charge is 0.495 e. The molecule has 156 valence electrons. The van der Waals surface area contributed by atoms with Gasteiger partial charge in [-0.2, -0.15) is 0 Å². The molecule has 0 saturated heterocycles. The second kappa shape index (κ2) is 9.05. The van der Waals surface area contributed by atoms with E-state index in [0.717, 1.165) is 19.3 Å². The molecule has 0 heterocycles. The third-order valence-electron chi connectivity index (χ3n) is 5.11. The maximum absolute atomic E-state index is 12.9. The molecule has 0 spiro atoms. The van der Waals surface area contributed by atoms with Crippen LogP contribution in [0.3, 0.4) is 0 Å². The number of ether oxygens (including phenoxy) is 1. The number of benzene rings is 2. The fourth-order valence-electron chi connectivity index (χ4n) is 3.61. The Kier molecular flexibility index (Phi) is 6.70. The molecule has 6 nitrogen and oxygen atoms in total. The Balaban J connectivity index is 1.83. The molecule has 1 saturated carbocycles. The lowest BCUT2D eigenvalue weighted by atomic mass is 9.87. The van der Waals surface area contributed by atoms with Crippen molar-refractivity contribution in [2.45, 2.75) is 43.5 Å². The number of rotatable bonds is 6. The van der Waals surface area contributed by atoms with Gasteiger partial charge < -0.3 is 10.1 Å². The summed E-state index contributed by atoms with van der Waals surface area (Å²) < 4.78 is 33.5. The molecule has 2 aromatic rings. The Morgan fingerprint density at radius 2 is 1.93 bits per heavy atom. The summed E-state index contributed by atoms with van der Waals surface area (Å²) in [7, 11) is -2.56. The molecule has 29 heavy (non-hydrogen) atoms. The summed E-state index contributed by atoms with van der Waals surface area (Å²) in [6.45, 7) is 2.18. The molecule has 2 N–H and O–H groups in total. The Hall–Kier alpha value is -2.25. The molecule has 2 atom stereocenters. The first-order valence-corrected chi connectivity index (χ1v) is 11.4. The lowest BCUT2D eigenvalue weighted by Crippen LogP contribution is -2.38. The monoisotopic (exact) mass is 436 g/mol. The zero-order valence-corrected chi connectivity index (χ0v) is 18.0. The molecular formula is C21H25ClN2O4S. The number of carbonyl (C=O) groups is 1. The second-order valence-electron chi connectivity index (χ2n) is 7.39. The number of methoxy groups -OCH3 is 1. The highest BCUT2D eigenvalue weighted by Gasteiger charge is 2.24. The summed E-state index contributed by atoms with van der Waals surface area (Å²) in [5, 5.41) is 3.05. The van der Waals surface area contributed by atoms with Crippen molar-refractivity contribution in [2.75, 3.05) is 11.8 Å². The molecule has 0 bridgehead atoms. The van der Waals surface area contributed by atoms with Gasteiger partial charge in [0.1, 0.15) is 10.6 Å². The van der Waals surface area contributed by atoms with Crippen molar-refractivity contribution in [2.24, 2.45) is 5.92 Å². The van der Waals surface area contributed by atoms with Crippen LogP contribution >= 0.6 is 11.6 Å². The van der Waals surface area contributed by atoms with Crippen molar-refractivity contribution in [3.63, 3.8) is 0 Å². The van der Waals surface area contributed by atoms with Gasteiger partial charge in [0.25, 0.3) is 15.9 Å². The van der Waals surface area contributed by atoms with Gasteiger partial charge in [-0.15, -0.1) is 0 Å². The van der Waals surface area contributed by atoms with E-state index in [1.807, 2.05) is 0 Å². The average molecular weight is 437 g/mol. The van der Waals surface area contributed by atoms with Gasteiger partial charge in [-0.25, -0.2) is 8.42 Å². The van der Waals surface area contributed by atoms with Crippen LogP contribution < -0.4 is 14.8 Å². The fourth-order valence-corrected chi connectivity index (χ4v) is 5.21. The van der Waals surface area contributed by atoms with E-state index >= 15 is 0 Å². The normalized spacial score (nSPS) is 19.4. The van der Waals surface area contributed by atoms with E-state index in [9.17, 15) is 13.2 Å². The van der Waals surface area contributed by atoms with E-state index in [1.54, 1.807) is 24.3 Å². The number of para-hydroxylation sites is 2. The quantitative estimate of drug-likeness (QED) is 0.700. The predicted octanol–water partition coefficient (Wildman–Crippen LogP) is 4.46. The van der Waals surface area contributed by atoms with Gasteiger partial charge in [-0.05, 0) is 49.1 Å². The van der Waals surface area contributed by atoms with Crippen LogP contribution in [0, 0.1) is 5.92 Å². The van der Waals surface area contributed by atoms with E-state index < -0.39 is 10.0 Å². The second-order valence-corrected chi connectivity index (χ2v) is 9.45. The van der Waals surface area contributed by atoms with Crippen molar-refractivity contribution in [3.8, 4) is 5.75 Å². The molecule has 8 heteroatoms. The first kappa shape index (κ1) is 21.5. The van der Waals surface area contributed by atoms with Crippen LogP contribution in [0.2, 0.25) is 5.02 Å². The summed E-state index contributed by atoms with van der Waals surface area (Å²) in [5.41, 5.74) is 0.546. The topological polar surface area (TPSA) is 84.5 Å². The minimum absolute atomic E-state index is 0.0373. The van der Waals surface area contributed by atoms with Crippen molar-refractivity contribution in [1.82, 2.24) is 5.32 Å².